The number of hydrogen-bond acceptors (Lipinski definition) is 6. The minimum atomic E-state index is -1.08. The molecule has 0 unspecified atom stereocenters. The number of nitrogens with zero attached hydrogens (tertiary/aromatic N) is 1. The number of nitrogen functional groups attached to an aromatic ring is 1. The molecule has 0 spiro atoms. The second-order valence-corrected chi connectivity index (χ2v) is 5.82. The van der Waals surface area contributed by atoms with Gasteiger partial charge in [-0.1, -0.05) is 23.2 Å². The number of esters is 1. The number of benzene rings is 1. The molecule has 0 fully saturated rings. The molecule has 9 heteroatoms. The fraction of sp³-hybridized carbons (Fsp3) is 0.188. The largest absolute Gasteiger partial charge is 0.496 e. The van der Waals surface area contributed by atoms with Gasteiger partial charge in [0.1, 0.15) is 17.1 Å². The molecule has 0 bridgehead atoms. The molecule has 1 aromatic carbocycles. The van der Waals surface area contributed by atoms with Gasteiger partial charge >= 0.3 is 5.97 Å². The van der Waals surface area contributed by atoms with E-state index in [0.29, 0.717) is 5.02 Å². The van der Waals surface area contributed by atoms with Crippen LogP contribution in [0.4, 0.5) is 11.5 Å². The number of halogens is 2. The average Bonchev–Trinajstić information content (AvgIpc) is 2.58. The van der Waals surface area contributed by atoms with Crippen molar-refractivity contribution in [2.45, 2.75) is 13.0 Å². The molecule has 1 atom stereocenters. The Morgan fingerprint density at radius 2 is 2.00 bits per heavy atom. The zero-order valence-corrected chi connectivity index (χ0v) is 14.9. The van der Waals surface area contributed by atoms with E-state index in [2.05, 4.69) is 10.3 Å². The van der Waals surface area contributed by atoms with E-state index >= 15 is 0 Å². The smallest absolute Gasteiger partial charge is 0.342 e. The first-order valence-electron chi connectivity index (χ1n) is 7.08. The number of nitrogens with two attached hydrogens (primary N) is 1. The van der Waals surface area contributed by atoms with E-state index in [0.717, 1.165) is 0 Å². The fourth-order valence-corrected chi connectivity index (χ4v) is 2.13. The lowest BCUT2D eigenvalue weighted by Gasteiger charge is -2.15. The normalized spacial score (nSPS) is 11.5. The first-order chi connectivity index (χ1) is 11.8. The Morgan fingerprint density at radius 1 is 1.28 bits per heavy atom. The van der Waals surface area contributed by atoms with Crippen LogP contribution in [-0.2, 0) is 9.53 Å². The number of rotatable bonds is 5. The Bertz CT molecular complexity index is 797. The Hall–Kier alpha value is -2.51. The summed E-state index contributed by atoms with van der Waals surface area (Å²) in [7, 11) is 1.38. The van der Waals surface area contributed by atoms with Crippen molar-refractivity contribution in [1.82, 2.24) is 4.98 Å². The van der Waals surface area contributed by atoms with Gasteiger partial charge in [-0.05, 0) is 25.1 Å². The summed E-state index contributed by atoms with van der Waals surface area (Å²) in [5, 5.41) is 3.12. The van der Waals surface area contributed by atoms with Gasteiger partial charge in [0.05, 0.1) is 22.8 Å². The zero-order valence-electron chi connectivity index (χ0n) is 13.4. The molecule has 1 heterocycles. The standard InChI is InChI=1S/C16H15Cl2N3O4/c1-8(15(22)21-14-4-3-9(17)7-20-14)25-16(23)10-5-11(18)12(19)6-13(10)24-2/h3-8H,19H2,1-2H3,(H,20,21,22)/t8-/m1/s1. The van der Waals surface area contributed by atoms with Crippen molar-refractivity contribution in [3.8, 4) is 5.75 Å². The molecular formula is C16H15Cl2N3O4. The van der Waals surface area contributed by atoms with Crippen LogP contribution in [0, 0.1) is 0 Å². The number of methoxy groups -OCH3 is 1. The first-order valence-corrected chi connectivity index (χ1v) is 7.83. The summed E-state index contributed by atoms with van der Waals surface area (Å²) in [5.41, 5.74) is 5.99. The van der Waals surface area contributed by atoms with Crippen molar-refractivity contribution < 1.29 is 19.1 Å². The van der Waals surface area contributed by atoms with Crippen LogP contribution >= 0.6 is 23.2 Å². The SMILES string of the molecule is COc1cc(N)c(Cl)cc1C(=O)O[C@H](C)C(=O)Nc1ccc(Cl)cn1. The lowest BCUT2D eigenvalue weighted by molar-refractivity contribution is -0.123. The van der Waals surface area contributed by atoms with Crippen LogP contribution in [0.2, 0.25) is 10.0 Å². The molecule has 0 aliphatic heterocycles. The summed E-state index contributed by atoms with van der Waals surface area (Å²) in [6.07, 6.45) is 0.306. The molecule has 0 saturated heterocycles. The number of anilines is 2. The van der Waals surface area contributed by atoms with Crippen molar-refractivity contribution in [2.75, 3.05) is 18.2 Å². The van der Waals surface area contributed by atoms with Crippen molar-refractivity contribution in [3.63, 3.8) is 0 Å². The number of amides is 1. The number of carbonyl (C=O) groups excluding carboxylic acids is 2. The maximum Gasteiger partial charge on any atom is 0.342 e. The highest BCUT2D eigenvalue weighted by Gasteiger charge is 2.22. The van der Waals surface area contributed by atoms with E-state index in [1.54, 1.807) is 6.07 Å². The number of hydrogen-bond donors (Lipinski definition) is 2. The summed E-state index contributed by atoms with van der Waals surface area (Å²) in [6, 6.07) is 5.82. The Labute approximate surface area is 154 Å². The molecular weight excluding hydrogens is 369 g/mol. The summed E-state index contributed by atoms with van der Waals surface area (Å²) < 4.78 is 10.2. The zero-order chi connectivity index (χ0) is 18.6. The summed E-state index contributed by atoms with van der Waals surface area (Å²) in [6.45, 7) is 1.43. The van der Waals surface area contributed by atoms with Crippen molar-refractivity contribution in [3.05, 3.63) is 46.1 Å². The molecule has 3 N–H and O–H groups in total. The minimum Gasteiger partial charge on any atom is -0.496 e. The van der Waals surface area contributed by atoms with E-state index < -0.39 is 18.0 Å². The van der Waals surface area contributed by atoms with Crippen LogP contribution in [-0.4, -0.2) is 30.1 Å². The third-order valence-electron chi connectivity index (χ3n) is 3.17. The second kappa shape index (κ2) is 8.04. The molecule has 25 heavy (non-hydrogen) atoms. The number of nitrogens with one attached hydrogen (secondary N) is 1. The maximum atomic E-state index is 12.3. The van der Waals surface area contributed by atoms with Crippen LogP contribution in [0.5, 0.6) is 5.75 Å². The molecule has 0 aliphatic rings. The van der Waals surface area contributed by atoms with Gasteiger partial charge in [-0.3, -0.25) is 4.79 Å². The van der Waals surface area contributed by atoms with Crippen molar-refractivity contribution in [2.24, 2.45) is 0 Å². The predicted octanol–water partition coefficient (Wildman–Crippen LogP) is 3.16. The highest BCUT2D eigenvalue weighted by atomic mass is 35.5. The molecule has 2 aromatic rings. The quantitative estimate of drug-likeness (QED) is 0.606. The molecule has 0 radical (unpaired) electrons. The molecule has 0 aliphatic carbocycles. The molecule has 1 aromatic heterocycles. The van der Waals surface area contributed by atoms with Gasteiger partial charge in [0.2, 0.25) is 0 Å². The molecule has 2 rings (SSSR count). The summed E-state index contributed by atoms with van der Waals surface area (Å²) in [4.78, 5) is 28.3. The third-order valence-corrected chi connectivity index (χ3v) is 3.72. The van der Waals surface area contributed by atoms with E-state index in [1.165, 1.54) is 38.4 Å². The summed E-state index contributed by atoms with van der Waals surface area (Å²) >= 11 is 11.6. The molecule has 7 nitrogen and oxygen atoms in total. The van der Waals surface area contributed by atoms with Crippen LogP contribution in [0.1, 0.15) is 17.3 Å². The minimum absolute atomic E-state index is 0.0611. The van der Waals surface area contributed by atoms with E-state index in [4.69, 9.17) is 38.4 Å². The van der Waals surface area contributed by atoms with Crippen LogP contribution in [0.3, 0.4) is 0 Å². The monoisotopic (exact) mass is 383 g/mol. The first kappa shape index (κ1) is 18.8. The maximum absolute atomic E-state index is 12.3. The lowest BCUT2D eigenvalue weighted by atomic mass is 10.2. The van der Waals surface area contributed by atoms with E-state index in [-0.39, 0.29) is 27.8 Å². The number of aromatic nitrogens is 1. The fourth-order valence-electron chi connectivity index (χ4n) is 1.85. The average molecular weight is 384 g/mol. The molecule has 132 valence electrons. The summed E-state index contributed by atoms with van der Waals surface area (Å²) in [5.74, 6) is -0.849. The van der Waals surface area contributed by atoms with Crippen LogP contribution < -0.4 is 15.8 Å². The highest BCUT2D eigenvalue weighted by molar-refractivity contribution is 6.33. The second-order valence-electron chi connectivity index (χ2n) is 4.97. The van der Waals surface area contributed by atoms with Gasteiger partial charge in [0, 0.05) is 12.3 Å². The lowest BCUT2D eigenvalue weighted by Crippen LogP contribution is -2.30. The highest BCUT2D eigenvalue weighted by Crippen LogP contribution is 2.29. The van der Waals surface area contributed by atoms with Crippen molar-refractivity contribution in [1.29, 1.82) is 0 Å². The third kappa shape index (κ3) is 4.74. The Balaban J connectivity index is 2.08. The van der Waals surface area contributed by atoms with E-state index in [9.17, 15) is 9.59 Å². The van der Waals surface area contributed by atoms with Crippen LogP contribution in [0.15, 0.2) is 30.5 Å². The number of ether oxygens (including phenoxy) is 2. The molecule has 0 saturated carbocycles. The molecule has 1 amide bonds. The Morgan fingerprint density at radius 3 is 2.60 bits per heavy atom. The topological polar surface area (TPSA) is 104 Å². The van der Waals surface area contributed by atoms with Gasteiger partial charge in [0.15, 0.2) is 6.10 Å². The van der Waals surface area contributed by atoms with Crippen molar-refractivity contribution >= 4 is 46.6 Å². The number of pyridine rings is 1. The number of carbonyl (C=O) groups is 2. The van der Waals surface area contributed by atoms with Crippen LogP contribution in [0.25, 0.3) is 0 Å². The van der Waals surface area contributed by atoms with Gasteiger partial charge in [-0.25, -0.2) is 9.78 Å². The van der Waals surface area contributed by atoms with Gasteiger partial charge in [-0.2, -0.15) is 0 Å². The van der Waals surface area contributed by atoms with Gasteiger partial charge in [0.25, 0.3) is 5.91 Å². The van der Waals surface area contributed by atoms with E-state index in [1.807, 2.05) is 0 Å². The van der Waals surface area contributed by atoms with Gasteiger partial charge < -0.3 is 20.5 Å². The predicted molar refractivity (Wildman–Crippen MR) is 95.2 cm³/mol. The Kier molecular flexibility index (Phi) is 6.06. The van der Waals surface area contributed by atoms with Gasteiger partial charge in [-0.15, -0.1) is 0 Å².